The third-order valence-corrected chi connectivity index (χ3v) is 5.63. The Morgan fingerprint density at radius 1 is 1.13 bits per heavy atom. The third kappa shape index (κ3) is 7.59. The highest BCUT2D eigenvalue weighted by Gasteiger charge is 2.18. The number of amides is 1. The number of carbonyl (C=O) groups excluding carboxylic acids is 1. The van der Waals surface area contributed by atoms with E-state index in [0.29, 0.717) is 24.5 Å². The third-order valence-electron chi connectivity index (χ3n) is 4.44. The van der Waals surface area contributed by atoms with Gasteiger partial charge in [0.2, 0.25) is 15.9 Å². The van der Waals surface area contributed by atoms with Gasteiger partial charge in [0.05, 0.1) is 25.1 Å². The number of nitrogens with one attached hydrogen (secondary N) is 1. The lowest BCUT2D eigenvalue weighted by Gasteiger charge is -2.23. The fourth-order valence-electron chi connectivity index (χ4n) is 2.88. The number of hydrogen-bond donors (Lipinski definition) is 1. The molecule has 1 amide bonds. The molecular formula is C22H30N2O5S. The summed E-state index contributed by atoms with van der Waals surface area (Å²) >= 11 is 0. The zero-order valence-electron chi connectivity index (χ0n) is 17.9. The number of carbonyl (C=O) groups is 1. The van der Waals surface area contributed by atoms with Crippen molar-refractivity contribution in [3.8, 4) is 11.5 Å². The lowest BCUT2D eigenvalue weighted by atomic mass is 10.2. The van der Waals surface area contributed by atoms with Gasteiger partial charge in [-0.15, -0.1) is 0 Å². The zero-order valence-corrected chi connectivity index (χ0v) is 18.7. The minimum atomic E-state index is -3.48. The number of nitrogens with zero attached hydrogens (tertiary/aromatic N) is 1. The Hall–Kier alpha value is -2.74. The van der Waals surface area contributed by atoms with Crippen molar-refractivity contribution < 1.29 is 22.7 Å². The maximum absolute atomic E-state index is 12.2. The van der Waals surface area contributed by atoms with E-state index in [2.05, 4.69) is 5.32 Å². The van der Waals surface area contributed by atoms with Gasteiger partial charge in [-0.05, 0) is 44.5 Å². The Balaban J connectivity index is 1.82. The molecule has 8 heteroatoms. The number of rotatable bonds is 11. The Bertz CT molecular complexity index is 929. The van der Waals surface area contributed by atoms with E-state index in [1.54, 1.807) is 24.3 Å². The molecule has 0 fully saturated rings. The van der Waals surface area contributed by atoms with E-state index in [0.717, 1.165) is 17.6 Å². The maximum Gasteiger partial charge on any atom is 0.232 e. The molecule has 1 unspecified atom stereocenters. The highest BCUT2D eigenvalue weighted by atomic mass is 32.2. The molecule has 0 aliphatic heterocycles. The maximum atomic E-state index is 12.2. The Morgan fingerprint density at radius 2 is 1.83 bits per heavy atom. The van der Waals surface area contributed by atoms with Gasteiger partial charge in [-0.1, -0.05) is 23.8 Å². The molecule has 0 spiro atoms. The minimum Gasteiger partial charge on any atom is -0.497 e. The fraction of sp³-hybridized carbons (Fsp3) is 0.409. The Kier molecular flexibility index (Phi) is 8.53. The van der Waals surface area contributed by atoms with E-state index in [1.807, 2.05) is 38.1 Å². The first-order chi connectivity index (χ1) is 14.2. The number of sulfonamides is 1. The molecule has 0 aliphatic carbocycles. The molecule has 1 atom stereocenters. The molecule has 164 valence electrons. The highest BCUT2D eigenvalue weighted by molar-refractivity contribution is 7.92. The first-order valence-corrected chi connectivity index (χ1v) is 11.6. The fourth-order valence-corrected chi connectivity index (χ4v) is 3.84. The highest BCUT2D eigenvalue weighted by Crippen LogP contribution is 2.23. The van der Waals surface area contributed by atoms with E-state index < -0.39 is 10.0 Å². The molecular weight excluding hydrogens is 404 g/mol. The van der Waals surface area contributed by atoms with Crippen LogP contribution in [0.5, 0.6) is 11.5 Å². The van der Waals surface area contributed by atoms with Crippen molar-refractivity contribution in [3.63, 3.8) is 0 Å². The van der Waals surface area contributed by atoms with Crippen LogP contribution >= 0.6 is 0 Å². The van der Waals surface area contributed by atoms with Gasteiger partial charge in [0.1, 0.15) is 18.1 Å². The topological polar surface area (TPSA) is 84.9 Å². The predicted octanol–water partition coefficient (Wildman–Crippen LogP) is 3.13. The van der Waals surface area contributed by atoms with Crippen LogP contribution in [0.2, 0.25) is 0 Å². The normalized spacial score (nSPS) is 12.1. The molecule has 0 saturated carbocycles. The quantitative estimate of drug-likeness (QED) is 0.587. The van der Waals surface area contributed by atoms with E-state index in [9.17, 15) is 13.2 Å². The molecule has 1 N–H and O–H groups in total. The standard InChI is InChI=1S/C22H30N2O5S/c1-17-10-12-20(13-11-17)29-16-18(2)23-22(25)9-6-14-24(30(4,26)27)19-7-5-8-21(15-19)28-3/h5,7-8,10-13,15,18H,6,9,14,16H2,1-4H3,(H,23,25). The molecule has 0 saturated heterocycles. The molecule has 0 aliphatic rings. The molecule has 0 heterocycles. The van der Waals surface area contributed by atoms with E-state index in [4.69, 9.17) is 9.47 Å². The number of ether oxygens (including phenoxy) is 2. The predicted molar refractivity (Wildman–Crippen MR) is 119 cm³/mol. The smallest absolute Gasteiger partial charge is 0.232 e. The van der Waals surface area contributed by atoms with Crippen LogP contribution in [-0.4, -0.2) is 46.9 Å². The van der Waals surface area contributed by atoms with Crippen LogP contribution < -0.4 is 19.1 Å². The van der Waals surface area contributed by atoms with Crippen molar-refractivity contribution in [1.29, 1.82) is 0 Å². The number of benzene rings is 2. The second kappa shape index (κ2) is 10.9. The average Bonchev–Trinajstić information content (AvgIpc) is 2.70. The van der Waals surface area contributed by atoms with Crippen LogP contribution in [0.4, 0.5) is 5.69 Å². The summed E-state index contributed by atoms with van der Waals surface area (Å²) in [6, 6.07) is 14.4. The summed E-state index contributed by atoms with van der Waals surface area (Å²) in [5, 5.41) is 2.88. The minimum absolute atomic E-state index is 0.144. The lowest BCUT2D eigenvalue weighted by Crippen LogP contribution is -2.37. The molecule has 30 heavy (non-hydrogen) atoms. The van der Waals surface area contributed by atoms with Gasteiger partial charge in [0.25, 0.3) is 0 Å². The van der Waals surface area contributed by atoms with Gasteiger partial charge >= 0.3 is 0 Å². The largest absolute Gasteiger partial charge is 0.497 e. The molecule has 0 radical (unpaired) electrons. The van der Waals surface area contributed by atoms with Crippen LogP contribution in [0.15, 0.2) is 48.5 Å². The van der Waals surface area contributed by atoms with Crippen LogP contribution in [0, 0.1) is 6.92 Å². The number of methoxy groups -OCH3 is 1. The monoisotopic (exact) mass is 434 g/mol. The van der Waals surface area contributed by atoms with Gasteiger partial charge in [-0.3, -0.25) is 9.10 Å². The summed E-state index contributed by atoms with van der Waals surface area (Å²) in [6.07, 6.45) is 1.75. The zero-order chi connectivity index (χ0) is 22.1. The second-order valence-electron chi connectivity index (χ2n) is 7.23. The van der Waals surface area contributed by atoms with Gasteiger partial charge in [0.15, 0.2) is 0 Å². The van der Waals surface area contributed by atoms with Crippen molar-refractivity contribution in [1.82, 2.24) is 5.32 Å². The van der Waals surface area contributed by atoms with Crippen molar-refractivity contribution >= 4 is 21.6 Å². The summed E-state index contributed by atoms with van der Waals surface area (Å²) in [4.78, 5) is 12.2. The molecule has 0 bridgehead atoms. The van der Waals surface area contributed by atoms with Crippen LogP contribution in [0.25, 0.3) is 0 Å². The van der Waals surface area contributed by atoms with E-state index in [-0.39, 0.29) is 24.9 Å². The summed E-state index contributed by atoms with van der Waals surface area (Å²) < 4.78 is 36.5. The van der Waals surface area contributed by atoms with Crippen LogP contribution in [-0.2, 0) is 14.8 Å². The molecule has 2 aromatic rings. The summed E-state index contributed by atoms with van der Waals surface area (Å²) in [5.74, 6) is 1.18. The van der Waals surface area contributed by atoms with Crippen molar-refractivity contribution in [2.24, 2.45) is 0 Å². The van der Waals surface area contributed by atoms with Crippen molar-refractivity contribution in [2.75, 3.05) is 30.8 Å². The lowest BCUT2D eigenvalue weighted by molar-refractivity contribution is -0.121. The number of hydrogen-bond acceptors (Lipinski definition) is 5. The average molecular weight is 435 g/mol. The van der Waals surface area contributed by atoms with Gasteiger partial charge < -0.3 is 14.8 Å². The second-order valence-corrected chi connectivity index (χ2v) is 9.14. The van der Waals surface area contributed by atoms with Crippen molar-refractivity contribution in [2.45, 2.75) is 32.7 Å². The first-order valence-electron chi connectivity index (χ1n) is 9.79. The van der Waals surface area contributed by atoms with Gasteiger partial charge in [-0.2, -0.15) is 0 Å². The number of aryl methyl sites for hydroxylation is 1. The van der Waals surface area contributed by atoms with Gasteiger partial charge in [0, 0.05) is 19.0 Å². The van der Waals surface area contributed by atoms with Crippen molar-refractivity contribution in [3.05, 3.63) is 54.1 Å². The van der Waals surface area contributed by atoms with E-state index in [1.165, 1.54) is 11.4 Å². The SMILES string of the molecule is COc1cccc(N(CCCC(=O)NC(C)COc2ccc(C)cc2)S(C)(=O)=O)c1. The summed E-state index contributed by atoms with van der Waals surface area (Å²) in [7, 11) is -1.95. The van der Waals surface area contributed by atoms with Gasteiger partial charge in [-0.25, -0.2) is 8.42 Å². The Labute approximate surface area is 179 Å². The summed E-state index contributed by atoms with van der Waals surface area (Å²) in [5.41, 5.74) is 1.66. The first kappa shape index (κ1) is 23.5. The number of anilines is 1. The summed E-state index contributed by atoms with van der Waals surface area (Å²) in [6.45, 7) is 4.43. The Morgan fingerprint density at radius 3 is 2.47 bits per heavy atom. The molecule has 2 rings (SSSR count). The van der Waals surface area contributed by atoms with E-state index >= 15 is 0 Å². The molecule has 7 nitrogen and oxygen atoms in total. The molecule has 0 aromatic heterocycles. The van der Waals surface area contributed by atoms with Crippen LogP contribution in [0.3, 0.4) is 0 Å². The molecule has 2 aromatic carbocycles. The van der Waals surface area contributed by atoms with Crippen LogP contribution in [0.1, 0.15) is 25.3 Å².